The first-order valence-corrected chi connectivity index (χ1v) is 7.95. The lowest BCUT2D eigenvalue weighted by Gasteiger charge is -2.11. The van der Waals surface area contributed by atoms with Crippen LogP contribution in [-0.2, 0) is 33.6 Å². The Kier molecular flexibility index (Phi) is 7.52. The number of hydrogen-bond donors (Lipinski definition) is 1. The predicted molar refractivity (Wildman–Crippen MR) is 77.8 cm³/mol. The topological polar surface area (TPSA) is 138 Å². The maximum Gasteiger partial charge on any atom is 0.334 e. The molecule has 2 rings (SSSR count). The van der Waals surface area contributed by atoms with Gasteiger partial charge in [-0.15, -0.1) is 5.06 Å². The van der Waals surface area contributed by atoms with Crippen LogP contribution in [0.4, 0.5) is 0 Å². The van der Waals surface area contributed by atoms with Crippen LogP contribution in [0, 0.1) is 0 Å². The van der Waals surface area contributed by atoms with Crippen molar-refractivity contribution >= 4 is 46.5 Å². The molecule has 0 bridgehead atoms. The molecule has 2 fully saturated rings. The van der Waals surface area contributed by atoms with Crippen LogP contribution in [0.2, 0.25) is 0 Å². The molecule has 0 spiro atoms. The van der Waals surface area contributed by atoms with Gasteiger partial charge in [-0.25, -0.2) is 4.79 Å². The molecule has 0 aromatic heterocycles. The Morgan fingerprint density at radius 3 is 1.83 bits per heavy atom. The van der Waals surface area contributed by atoms with E-state index in [-0.39, 0.29) is 48.0 Å². The average Bonchev–Trinajstić information content (AvgIpc) is 2.98. The molecule has 2 aliphatic rings. The van der Waals surface area contributed by atoms with E-state index in [1.165, 1.54) is 6.92 Å². The first kappa shape index (κ1) is 19.8. The number of hydrogen-bond acceptors (Lipinski definition) is 9. The zero-order valence-electron chi connectivity index (χ0n) is 12.9. The third-order valence-electron chi connectivity index (χ3n) is 2.84. The Morgan fingerprint density at radius 1 is 1.00 bits per heavy atom. The Labute approximate surface area is 141 Å². The molecule has 24 heavy (non-hydrogen) atoms. The molecule has 11 heteroatoms. The molecule has 4 amide bonds. The summed E-state index contributed by atoms with van der Waals surface area (Å²) in [7, 11) is 0. The maximum absolute atomic E-state index is 11.2. The van der Waals surface area contributed by atoms with Crippen molar-refractivity contribution in [3.05, 3.63) is 0 Å². The molecular weight excluding hydrogens is 344 g/mol. The van der Waals surface area contributed by atoms with Crippen LogP contribution in [0.15, 0.2) is 0 Å². The van der Waals surface area contributed by atoms with E-state index in [4.69, 9.17) is 5.21 Å². The smallest absolute Gasteiger partial charge is 0.330 e. The van der Waals surface area contributed by atoms with Gasteiger partial charge in [0.25, 0.3) is 23.6 Å². The number of imide groups is 2. The van der Waals surface area contributed by atoms with Gasteiger partial charge in [0.05, 0.1) is 6.42 Å². The van der Waals surface area contributed by atoms with Gasteiger partial charge in [-0.2, -0.15) is 5.06 Å². The first-order valence-electron chi connectivity index (χ1n) is 6.97. The Balaban J connectivity index is 0.000000300. The lowest BCUT2D eigenvalue weighted by molar-refractivity contribution is -0.197. The molecule has 0 atom stereocenters. The Hall–Kier alpha value is -2.27. The number of carbonyl (C=O) groups excluding carboxylic acids is 6. The zero-order valence-corrected chi connectivity index (χ0v) is 13.7. The predicted octanol–water partition coefficient (Wildman–Crippen LogP) is -0.212. The minimum atomic E-state index is -0.683. The molecule has 0 aromatic carbocycles. The second-order valence-electron chi connectivity index (χ2n) is 4.73. The van der Waals surface area contributed by atoms with Crippen LogP contribution < -0.4 is 0 Å². The van der Waals surface area contributed by atoms with Crippen molar-refractivity contribution < 1.29 is 38.8 Å². The van der Waals surface area contributed by atoms with Crippen LogP contribution in [0.3, 0.4) is 0 Å². The fourth-order valence-electron chi connectivity index (χ4n) is 1.65. The largest absolute Gasteiger partial charge is 0.334 e. The van der Waals surface area contributed by atoms with Crippen LogP contribution in [0.5, 0.6) is 0 Å². The number of nitrogens with zero attached hydrogens (tertiary/aromatic N) is 2. The second kappa shape index (κ2) is 9.13. The minimum Gasteiger partial charge on any atom is -0.330 e. The summed E-state index contributed by atoms with van der Waals surface area (Å²) in [5.41, 5.74) is 0. The molecule has 0 radical (unpaired) electrons. The van der Waals surface area contributed by atoms with Crippen LogP contribution in [0.1, 0.15) is 39.0 Å². The fraction of sp³-hybridized carbons (Fsp3) is 0.538. The number of carbonyl (C=O) groups is 6. The van der Waals surface area contributed by atoms with Gasteiger partial charge in [-0.1, -0.05) is 11.8 Å². The van der Waals surface area contributed by atoms with Gasteiger partial charge in [-0.3, -0.25) is 29.2 Å². The summed E-state index contributed by atoms with van der Waals surface area (Å²) < 4.78 is 0. The number of amides is 4. The van der Waals surface area contributed by atoms with Crippen molar-refractivity contribution in [1.82, 2.24) is 10.1 Å². The number of thioether (sulfide) groups is 1. The number of rotatable bonds is 4. The molecule has 1 N–H and O–H groups in total. The summed E-state index contributed by atoms with van der Waals surface area (Å²) in [5.74, 6) is -2.41. The third kappa shape index (κ3) is 6.08. The maximum atomic E-state index is 11.2. The van der Waals surface area contributed by atoms with Gasteiger partial charge in [0.2, 0.25) is 0 Å². The van der Waals surface area contributed by atoms with Gasteiger partial charge in [0, 0.05) is 38.4 Å². The molecule has 10 nitrogen and oxygen atoms in total. The zero-order chi connectivity index (χ0) is 18.3. The van der Waals surface area contributed by atoms with Crippen molar-refractivity contribution in [1.29, 1.82) is 0 Å². The van der Waals surface area contributed by atoms with Gasteiger partial charge in [0.1, 0.15) is 0 Å². The minimum absolute atomic E-state index is 0.0126. The summed E-state index contributed by atoms with van der Waals surface area (Å²) in [6.45, 7) is 1.39. The molecule has 0 saturated carbocycles. The van der Waals surface area contributed by atoms with E-state index >= 15 is 0 Å². The Bertz CT molecular complexity index is 544. The van der Waals surface area contributed by atoms with Crippen LogP contribution >= 0.6 is 11.8 Å². The third-order valence-corrected chi connectivity index (χ3v) is 3.65. The fourth-order valence-corrected chi connectivity index (χ4v) is 2.20. The van der Waals surface area contributed by atoms with Gasteiger partial charge in [0.15, 0.2) is 5.12 Å². The second-order valence-corrected chi connectivity index (χ2v) is 6.01. The van der Waals surface area contributed by atoms with E-state index in [9.17, 15) is 28.8 Å². The van der Waals surface area contributed by atoms with Crippen LogP contribution in [-0.4, -0.2) is 55.8 Å². The standard InChI is InChI=1S/C9H11NO5S.C4H5NO3/c1-6(11)16-5-4-9(14)15-10-7(12)2-3-8(10)13;6-3-1-2-4(7)5(3)8/h2-5H2,1H3;8H,1-2H2. The van der Waals surface area contributed by atoms with Crippen molar-refractivity contribution in [2.45, 2.75) is 39.0 Å². The molecule has 2 saturated heterocycles. The molecule has 2 aliphatic heterocycles. The van der Waals surface area contributed by atoms with E-state index < -0.39 is 29.6 Å². The highest BCUT2D eigenvalue weighted by Gasteiger charge is 2.32. The van der Waals surface area contributed by atoms with E-state index in [1.54, 1.807) is 0 Å². The highest BCUT2D eigenvalue weighted by atomic mass is 32.2. The Morgan fingerprint density at radius 2 is 1.46 bits per heavy atom. The molecule has 0 aliphatic carbocycles. The van der Waals surface area contributed by atoms with Crippen molar-refractivity contribution in [3.8, 4) is 0 Å². The quantitative estimate of drug-likeness (QED) is 0.533. The average molecular weight is 360 g/mol. The van der Waals surface area contributed by atoms with Gasteiger partial charge in [-0.05, 0) is 0 Å². The van der Waals surface area contributed by atoms with E-state index in [0.29, 0.717) is 5.06 Å². The van der Waals surface area contributed by atoms with Crippen molar-refractivity contribution in [2.24, 2.45) is 0 Å². The van der Waals surface area contributed by atoms with E-state index in [2.05, 4.69) is 4.84 Å². The molecule has 0 unspecified atom stereocenters. The summed E-state index contributed by atoms with van der Waals surface area (Å²) in [6, 6.07) is 0. The lowest BCUT2D eigenvalue weighted by Crippen LogP contribution is -2.32. The van der Waals surface area contributed by atoms with E-state index in [1.807, 2.05) is 0 Å². The normalized spacial score (nSPS) is 17.1. The van der Waals surface area contributed by atoms with Gasteiger partial charge < -0.3 is 4.84 Å². The first-order chi connectivity index (χ1) is 11.2. The van der Waals surface area contributed by atoms with Crippen molar-refractivity contribution in [3.63, 3.8) is 0 Å². The van der Waals surface area contributed by atoms with Crippen LogP contribution in [0.25, 0.3) is 0 Å². The van der Waals surface area contributed by atoms with Gasteiger partial charge >= 0.3 is 5.97 Å². The summed E-state index contributed by atoms with van der Waals surface area (Å²) >= 11 is 0.991. The summed E-state index contributed by atoms with van der Waals surface area (Å²) in [4.78, 5) is 69.0. The molecule has 0 aromatic rings. The van der Waals surface area contributed by atoms with Crippen molar-refractivity contribution in [2.75, 3.05) is 5.75 Å². The molecular formula is C13H16N2O8S. The van der Waals surface area contributed by atoms with E-state index in [0.717, 1.165) is 11.8 Å². The monoisotopic (exact) mass is 360 g/mol. The highest BCUT2D eigenvalue weighted by Crippen LogP contribution is 2.13. The molecule has 132 valence electrons. The highest BCUT2D eigenvalue weighted by molar-refractivity contribution is 8.13. The SMILES string of the molecule is CC(=O)SCCC(=O)ON1C(=O)CCC1=O.O=C1CCC(=O)N1O. The molecule has 2 heterocycles. The summed E-state index contributed by atoms with van der Waals surface area (Å²) in [6.07, 6.45) is 0.439. The summed E-state index contributed by atoms with van der Waals surface area (Å²) in [5, 5.41) is 8.97. The number of hydroxylamine groups is 4. The lowest BCUT2D eigenvalue weighted by atomic mass is 10.4.